The zero-order valence-corrected chi connectivity index (χ0v) is 13.8. The summed E-state index contributed by atoms with van der Waals surface area (Å²) in [5.74, 6) is -0.498. The number of nitro benzene ring substituents is 1. The molecule has 0 fully saturated rings. The first-order valence-electron chi connectivity index (χ1n) is 7.77. The number of phenolic OH excluding ortho intramolecular Hbond substituents is 1. The number of non-ortho nitro benzene ring substituents is 1. The molecule has 0 heterocycles. The standard InChI is InChI=1S/C19H15N3O4/c1-12(16-10-9-13-5-2-3-8-17(13)18(16)23)20-21-19(24)14-6-4-7-15(11-14)22(25)26/h2-11,23H,1H3,(H,21,24). The van der Waals surface area contributed by atoms with Crippen molar-refractivity contribution in [2.45, 2.75) is 6.92 Å². The second-order valence-corrected chi connectivity index (χ2v) is 5.63. The van der Waals surface area contributed by atoms with Crippen molar-refractivity contribution in [1.82, 2.24) is 5.43 Å². The normalized spacial score (nSPS) is 11.3. The van der Waals surface area contributed by atoms with E-state index >= 15 is 0 Å². The quantitative estimate of drug-likeness (QED) is 0.426. The topological polar surface area (TPSA) is 105 Å². The Morgan fingerprint density at radius 3 is 2.65 bits per heavy atom. The smallest absolute Gasteiger partial charge is 0.271 e. The van der Waals surface area contributed by atoms with Gasteiger partial charge in [0.1, 0.15) is 5.75 Å². The fourth-order valence-electron chi connectivity index (χ4n) is 2.57. The highest BCUT2D eigenvalue weighted by Crippen LogP contribution is 2.28. The largest absolute Gasteiger partial charge is 0.507 e. The van der Waals surface area contributed by atoms with Gasteiger partial charge in [-0.15, -0.1) is 0 Å². The molecule has 7 nitrogen and oxygen atoms in total. The molecule has 0 spiro atoms. The van der Waals surface area contributed by atoms with Crippen LogP contribution in [0, 0.1) is 10.1 Å². The second-order valence-electron chi connectivity index (χ2n) is 5.63. The first-order chi connectivity index (χ1) is 12.5. The Kier molecular flexibility index (Phi) is 4.62. The molecular weight excluding hydrogens is 334 g/mol. The number of phenols is 1. The lowest BCUT2D eigenvalue weighted by atomic mass is 10.0. The Morgan fingerprint density at radius 2 is 1.88 bits per heavy atom. The van der Waals surface area contributed by atoms with E-state index in [1.54, 1.807) is 19.1 Å². The maximum atomic E-state index is 12.1. The fourth-order valence-corrected chi connectivity index (χ4v) is 2.57. The van der Waals surface area contributed by atoms with E-state index in [0.29, 0.717) is 16.7 Å². The Hall–Kier alpha value is -3.74. The molecule has 0 radical (unpaired) electrons. The molecule has 0 saturated carbocycles. The lowest BCUT2D eigenvalue weighted by Gasteiger charge is -2.08. The van der Waals surface area contributed by atoms with Crippen LogP contribution < -0.4 is 5.43 Å². The maximum Gasteiger partial charge on any atom is 0.271 e. The molecule has 130 valence electrons. The number of benzene rings is 3. The summed E-state index contributed by atoms with van der Waals surface area (Å²) in [6.45, 7) is 1.65. The first-order valence-corrected chi connectivity index (χ1v) is 7.77. The van der Waals surface area contributed by atoms with Crippen molar-refractivity contribution in [2.24, 2.45) is 5.10 Å². The lowest BCUT2D eigenvalue weighted by molar-refractivity contribution is -0.384. The number of aromatic hydroxyl groups is 1. The van der Waals surface area contributed by atoms with Crippen molar-refractivity contribution < 1.29 is 14.8 Å². The zero-order chi connectivity index (χ0) is 18.7. The van der Waals surface area contributed by atoms with E-state index in [4.69, 9.17) is 0 Å². The van der Waals surface area contributed by atoms with Gasteiger partial charge in [0, 0.05) is 28.6 Å². The van der Waals surface area contributed by atoms with Crippen LogP contribution in [-0.4, -0.2) is 21.6 Å². The monoisotopic (exact) mass is 349 g/mol. The van der Waals surface area contributed by atoms with Crippen LogP contribution in [0.4, 0.5) is 5.69 Å². The van der Waals surface area contributed by atoms with Crippen LogP contribution in [0.25, 0.3) is 10.8 Å². The van der Waals surface area contributed by atoms with Gasteiger partial charge >= 0.3 is 0 Å². The van der Waals surface area contributed by atoms with Crippen LogP contribution in [0.2, 0.25) is 0 Å². The van der Waals surface area contributed by atoms with E-state index in [-0.39, 0.29) is 17.0 Å². The van der Waals surface area contributed by atoms with Crippen molar-refractivity contribution >= 4 is 28.1 Å². The van der Waals surface area contributed by atoms with Crippen molar-refractivity contribution in [2.75, 3.05) is 0 Å². The van der Waals surface area contributed by atoms with Gasteiger partial charge in [0.15, 0.2) is 0 Å². The number of hydrogen-bond acceptors (Lipinski definition) is 5. The summed E-state index contributed by atoms with van der Waals surface area (Å²) in [6, 6.07) is 16.3. The number of nitrogens with zero attached hydrogens (tertiary/aromatic N) is 2. The lowest BCUT2D eigenvalue weighted by Crippen LogP contribution is -2.19. The molecule has 0 atom stereocenters. The third-order valence-electron chi connectivity index (χ3n) is 3.93. The van der Waals surface area contributed by atoms with Gasteiger partial charge < -0.3 is 5.11 Å². The molecule has 0 aliphatic rings. The van der Waals surface area contributed by atoms with E-state index in [9.17, 15) is 20.0 Å². The van der Waals surface area contributed by atoms with Crippen molar-refractivity contribution in [1.29, 1.82) is 0 Å². The van der Waals surface area contributed by atoms with Crippen molar-refractivity contribution in [3.63, 3.8) is 0 Å². The van der Waals surface area contributed by atoms with Gasteiger partial charge in [0.2, 0.25) is 0 Å². The van der Waals surface area contributed by atoms with Gasteiger partial charge in [0.25, 0.3) is 11.6 Å². The molecule has 7 heteroatoms. The predicted molar refractivity (Wildman–Crippen MR) is 98.4 cm³/mol. The molecule has 0 aromatic heterocycles. The number of carbonyl (C=O) groups excluding carboxylic acids is 1. The first kappa shape index (κ1) is 17.1. The molecule has 0 saturated heterocycles. The number of nitrogens with one attached hydrogen (secondary N) is 1. The average molecular weight is 349 g/mol. The van der Waals surface area contributed by atoms with Crippen LogP contribution in [0.15, 0.2) is 65.8 Å². The van der Waals surface area contributed by atoms with Crippen LogP contribution in [0.1, 0.15) is 22.8 Å². The van der Waals surface area contributed by atoms with Gasteiger partial charge in [-0.1, -0.05) is 36.4 Å². The SMILES string of the molecule is CC(=NNC(=O)c1cccc([N+](=O)[O-])c1)c1ccc2ccccc2c1O. The van der Waals surface area contributed by atoms with Gasteiger partial charge in [-0.2, -0.15) is 5.10 Å². The molecule has 0 unspecified atom stereocenters. The van der Waals surface area contributed by atoms with E-state index < -0.39 is 10.8 Å². The molecule has 1 amide bonds. The van der Waals surface area contributed by atoms with E-state index in [2.05, 4.69) is 10.5 Å². The maximum absolute atomic E-state index is 12.1. The van der Waals surface area contributed by atoms with Crippen LogP contribution in [0.3, 0.4) is 0 Å². The summed E-state index contributed by atoms with van der Waals surface area (Å²) < 4.78 is 0. The average Bonchev–Trinajstić information content (AvgIpc) is 2.66. The van der Waals surface area contributed by atoms with E-state index in [1.165, 1.54) is 24.3 Å². The predicted octanol–water partition coefficient (Wildman–Crippen LogP) is 3.61. The molecule has 3 aromatic rings. The van der Waals surface area contributed by atoms with Crippen LogP contribution in [0.5, 0.6) is 5.75 Å². The molecule has 26 heavy (non-hydrogen) atoms. The third-order valence-corrected chi connectivity index (χ3v) is 3.93. The number of carbonyl (C=O) groups is 1. The summed E-state index contributed by atoms with van der Waals surface area (Å²) in [6.07, 6.45) is 0. The van der Waals surface area contributed by atoms with E-state index in [0.717, 1.165) is 5.39 Å². The summed E-state index contributed by atoms with van der Waals surface area (Å²) in [5, 5.41) is 26.8. The van der Waals surface area contributed by atoms with Crippen LogP contribution in [-0.2, 0) is 0 Å². The minimum Gasteiger partial charge on any atom is -0.507 e. The zero-order valence-electron chi connectivity index (χ0n) is 13.8. The Bertz CT molecular complexity index is 1040. The molecule has 0 aliphatic carbocycles. The minimum atomic E-state index is -0.576. The number of hydrogen-bond donors (Lipinski definition) is 2. The van der Waals surface area contributed by atoms with E-state index in [1.807, 2.05) is 24.3 Å². The Labute approximate surface area is 148 Å². The second kappa shape index (κ2) is 7.02. The number of amides is 1. The van der Waals surface area contributed by atoms with Gasteiger partial charge in [-0.05, 0) is 24.4 Å². The third kappa shape index (κ3) is 3.36. The summed E-state index contributed by atoms with van der Waals surface area (Å²) in [7, 11) is 0. The van der Waals surface area contributed by atoms with Gasteiger partial charge in [0.05, 0.1) is 10.6 Å². The summed E-state index contributed by atoms with van der Waals surface area (Å²) in [5.41, 5.74) is 3.20. The highest BCUT2D eigenvalue weighted by Gasteiger charge is 2.12. The number of rotatable bonds is 4. The number of hydrazone groups is 1. The van der Waals surface area contributed by atoms with Crippen molar-refractivity contribution in [3.8, 4) is 5.75 Å². The van der Waals surface area contributed by atoms with Gasteiger partial charge in [-0.25, -0.2) is 5.43 Å². The van der Waals surface area contributed by atoms with Gasteiger partial charge in [-0.3, -0.25) is 14.9 Å². The molecule has 0 aliphatic heterocycles. The summed E-state index contributed by atoms with van der Waals surface area (Å²) >= 11 is 0. The molecule has 0 bridgehead atoms. The molecule has 3 rings (SSSR count). The Morgan fingerprint density at radius 1 is 1.12 bits per heavy atom. The molecule has 2 N–H and O–H groups in total. The number of nitro groups is 1. The summed E-state index contributed by atoms with van der Waals surface area (Å²) in [4.78, 5) is 22.4. The fraction of sp³-hybridized carbons (Fsp3) is 0.0526. The Balaban J connectivity index is 1.84. The molecule has 3 aromatic carbocycles. The van der Waals surface area contributed by atoms with Crippen LogP contribution >= 0.6 is 0 Å². The highest BCUT2D eigenvalue weighted by atomic mass is 16.6. The minimum absolute atomic E-state index is 0.0777. The number of fused-ring (bicyclic) bond motifs is 1. The van der Waals surface area contributed by atoms with Crippen molar-refractivity contribution in [3.05, 3.63) is 81.9 Å². The molecular formula is C19H15N3O4. The highest BCUT2D eigenvalue weighted by molar-refractivity contribution is 6.07.